The SMILES string of the molecule is COc1ccc(CC(=O)OC(C)C(=O)NC(C)c2ccccc2)cc1. The van der Waals surface area contributed by atoms with Crippen LogP contribution in [0.5, 0.6) is 5.75 Å². The summed E-state index contributed by atoms with van der Waals surface area (Å²) in [5.41, 5.74) is 1.80. The van der Waals surface area contributed by atoms with E-state index in [1.165, 1.54) is 0 Å². The molecule has 0 heterocycles. The molecule has 0 saturated carbocycles. The molecule has 0 radical (unpaired) electrons. The van der Waals surface area contributed by atoms with Crippen LogP contribution < -0.4 is 10.1 Å². The maximum atomic E-state index is 12.2. The van der Waals surface area contributed by atoms with E-state index in [1.54, 1.807) is 38.3 Å². The lowest BCUT2D eigenvalue weighted by Crippen LogP contribution is -2.37. The number of hydrogen-bond donors (Lipinski definition) is 1. The topological polar surface area (TPSA) is 64.6 Å². The third kappa shape index (κ3) is 5.64. The van der Waals surface area contributed by atoms with Crippen LogP contribution in [0.2, 0.25) is 0 Å². The molecule has 1 amide bonds. The summed E-state index contributed by atoms with van der Waals surface area (Å²) in [6, 6.07) is 16.6. The second kappa shape index (κ2) is 8.87. The fourth-order valence-electron chi connectivity index (χ4n) is 2.36. The van der Waals surface area contributed by atoms with Gasteiger partial charge in [0.1, 0.15) is 5.75 Å². The van der Waals surface area contributed by atoms with E-state index >= 15 is 0 Å². The molecule has 0 fully saturated rings. The molecular weight excluding hydrogens is 318 g/mol. The minimum Gasteiger partial charge on any atom is -0.497 e. The lowest BCUT2D eigenvalue weighted by molar-refractivity contribution is -0.154. The van der Waals surface area contributed by atoms with Crippen molar-refractivity contribution >= 4 is 11.9 Å². The van der Waals surface area contributed by atoms with Crippen LogP contribution in [0.4, 0.5) is 0 Å². The van der Waals surface area contributed by atoms with E-state index < -0.39 is 12.1 Å². The van der Waals surface area contributed by atoms with Gasteiger partial charge in [-0.05, 0) is 37.1 Å². The van der Waals surface area contributed by atoms with Crippen LogP contribution in [0.1, 0.15) is 31.0 Å². The van der Waals surface area contributed by atoms with Gasteiger partial charge in [0, 0.05) is 0 Å². The molecule has 2 rings (SSSR count). The first-order chi connectivity index (χ1) is 12.0. The van der Waals surface area contributed by atoms with Crippen LogP contribution in [0.3, 0.4) is 0 Å². The number of carbonyl (C=O) groups excluding carboxylic acids is 2. The minimum absolute atomic E-state index is 0.107. The van der Waals surface area contributed by atoms with E-state index in [0.29, 0.717) is 0 Å². The van der Waals surface area contributed by atoms with Crippen LogP contribution in [0.25, 0.3) is 0 Å². The van der Waals surface area contributed by atoms with Crippen molar-refractivity contribution in [2.45, 2.75) is 32.4 Å². The normalized spacial score (nSPS) is 12.8. The molecule has 25 heavy (non-hydrogen) atoms. The predicted molar refractivity (Wildman–Crippen MR) is 95.3 cm³/mol. The molecule has 2 aromatic carbocycles. The molecule has 5 heteroatoms. The third-order valence-corrected chi connectivity index (χ3v) is 3.84. The maximum absolute atomic E-state index is 12.2. The molecule has 0 spiro atoms. The van der Waals surface area contributed by atoms with Gasteiger partial charge in [0.05, 0.1) is 19.6 Å². The summed E-state index contributed by atoms with van der Waals surface area (Å²) in [6.07, 6.45) is -0.743. The largest absolute Gasteiger partial charge is 0.497 e. The van der Waals surface area contributed by atoms with Gasteiger partial charge in [-0.1, -0.05) is 42.5 Å². The van der Waals surface area contributed by atoms with E-state index in [1.807, 2.05) is 37.3 Å². The van der Waals surface area contributed by atoms with Crippen molar-refractivity contribution < 1.29 is 19.1 Å². The molecule has 0 aliphatic heterocycles. The summed E-state index contributed by atoms with van der Waals surface area (Å²) in [5.74, 6) is -0.0422. The van der Waals surface area contributed by atoms with Crippen LogP contribution in [0.15, 0.2) is 54.6 Å². The minimum atomic E-state index is -0.850. The Morgan fingerprint density at radius 3 is 2.24 bits per heavy atom. The number of ether oxygens (including phenoxy) is 2. The van der Waals surface area contributed by atoms with Crippen molar-refractivity contribution in [1.82, 2.24) is 5.32 Å². The summed E-state index contributed by atoms with van der Waals surface area (Å²) >= 11 is 0. The maximum Gasteiger partial charge on any atom is 0.311 e. The number of hydrogen-bond acceptors (Lipinski definition) is 4. The summed E-state index contributed by atoms with van der Waals surface area (Å²) in [7, 11) is 1.58. The monoisotopic (exact) mass is 341 g/mol. The molecule has 0 aliphatic rings. The van der Waals surface area contributed by atoms with Gasteiger partial charge in [0.2, 0.25) is 0 Å². The van der Waals surface area contributed by atoms with Gasteiger partial charge in [0.25, 0.3) is 5.91 Å². The van der Waals surface area contributed by atoms with Gasteiger partial charge in [-0.2, -0.15) is 0 Å². The summed E-state index contributed by atoms with van der Waals surface area (Å²) in [4.78, 5) is 24.2. The zero-order valence-electron chi connectivity index (χ0n) is 14.7. The first kappa shape index (κ1) is 18.5. The quantitative estimate of drug-likeness (QED) is 0.786. The van der Waals surface area contributed by atoms with Crippen molar-refractivity contribution in [1.29, 1.82) is 0 Å². The number of amides is 1. The lowest BCUT2D eigenvalue weighted by atomic mass is 10.1. The molecule has 2 aromatic rings. The van der Waals surface area contributed by atoms with E-state index in [2.05, 4.69) is 5.32 Å². The highest BCUT2D eigenvalue weighted by molar-refractivity contribution is 5.84. The molecule has 5 nitrogen and oxygen atoms in total. The molecule has 132 valence electrons. The summed E-state index contributed by atoms with van der Waals surface area (Å²) in [6.45, 7) is 3.46. The number of carbonyl (C=O) groups is 2. The van der Waals surface area contributed by atoms with Crippen LogP contribution in [-0.2, 0) is 20.7 Å². The Labute approximate surface area is 148 Å². The number of benzene rings is 2. The van der Waals surface area contributed by atoms with Gasteiger partial charge in [-0.15, -0.1) is 0 Å². The fourth-order valence-corrected chi connectivity index (χ4v) is 2.36. The van der Waals surface area contributed by atoms with E-state index in [-0.39, 0.29) is 18.4 Å². The number of methoxy groups -OCH3 is 1. The molecule has 1 N–H and O–H groups in total. The highest BCUT2D eigenvalue weighted by Crippen LogP contribution is 2.13. The number of nitrogens with one attached hydrogen (secondary N) is 1. The van der Waals surface area contributed by atoms with E-state index in [4.69, 9.17) is 9.47 Å². The third-order valence-electron chi connectivity index (χ3n) is 3.84. The Hall–Kier alpha value is -2.82. The van der Waals surface area contributed by atoms with Gasteiger partial charge >= 0.3 is 5.97 Å². The molecule has 0 saturated heterocycles. The highest BCUT2D eigenvalue weighted by atomic mass is 16.5. The highest BCUT2D eigenvalue weighted by Gasteiger charge is 2.20. The first-order valence-electron chi connectivity index (χ1n) is 8.17. The second-order valence-corrected chi connectivity index (χ2v) is 5.80. The van der Waals surface area contributed by atoms with Crippen molar-refractivity contribution in [3.05, 3.63) is 65.7 Å². The van der Waals surface area contributed by atoms with E-state index in [0.717, 1.165) is 16.9 Å². The Balaban J connectivity index is 1.84. The average Bonchev–Trinajstić information content (AvgIpc) is 2.62. The molecular formula is C20H23NO4. The van der Waals surface area contributed by atoms with Gasteiger partial charge in [-0.25, -0.2) is 0 Å². The van der Waals surface area contributed by atoms with Crippen molar-refractivity contribution in [3.8, 4) is 5.75 Å². The Bertz CT molecular complexity index is 697. The Kier molecular flexibility index (Phi) is 6.57. The van der Waals surface area contributed by atoms with Crippen LogP contribution in [0, 0.1) is 0 Å². The van der Waals surface area contributed by atoms with Crippen LogP contribution >= 0.6 is 0 Å². The van der Waals surface area contributed by atoms with Gasteiger partial charge < -0.3 is 14.8 Å². The van der Waals surface area contributed by atoms with E-state index in [9.17, 15) is 9.59 Å². The summed E-state index contributed by atoms with van der Waals surface area (Å²) < 4.78 is 10.3. The molecule has 0 aliphatic carbocycles. The van der Waals surface area contributed by atoms with Crippen molar-refractivity contribution in [3.63, 3.8) is 0 Å². The molecule has 2 atom stereocenters. The van der Waals surface area contributed by atoms with Crippen LogP contribution in [-0.4, -0.2) is 25.1 Å². The summed E-state index contributed by atoms with van der Waals surface area (Å²) in [5, 5.41) is 2.85. The molecule has 0 bridgehead atoms. The average molecular weight is 341 g/mol. The van der Waals surface area contributed by atoms with Gasteiger partial charge in [0.15, 0.2) is 6.10 Å². The standard InChI is InChI=1S/C20H23NO4/c1-14(17-7-5-4-6-8-17)21-20(23)15(2)25-19(22)13-16-9-11-18(24-3)12-10-16/h4-12,14-15H,13H2,1-3H3,(H,21,23). The van der Waals surface area contributed by atoms with Crippen molar-refractivity contribution in [2.75, 3.05) is 7.11 Å². The molecule has 2 unspecified atom stereocenters. The first-order valence-corrected chi connectivity index (χ1v) is 8.17. The van der Waals surface area contributed by atoms with Crippen molar-refractivity contribution in [2.24, 2.45) is 0 Å². The number of rotatable bonds is 7. The van der Waals surface area contributed by atoms with Gasteiger partial charge in [-0.3, -0.25) is 9.59 Å². The fraction of sp³-hybridized carbons (Fsp3) is 0.300. The number of esters is 1. The zero-order chi connectivity index (χ0) is 18.2. The molecule has 0 aromatic heterocycles. The predicted octanol–water partition coefficient (Wildman–Crippen LogP) is 3.05. The second-order valence-electron chi connectivity index (χ2n) is 5.80. The zero-order valence-corrected chi connectivity index (χ0v) is 14.7. The smallest absolute Gasteiger partial charge is 0.311 e. The Morgan fingerprint density at radius 1 is 1.00 bits per heavy atom. The Morgan fingerprint density at radius 2 is 1.64 bits per heavy atom. The lowest BCUT2D eigenvalue weighted by Gasteiger charge is -2.18.